The largest absolute Gasteiger partial charge is 0.415 e. The van der Waals surface area contributed by atoms with Crippen LogP contribution in [0.5, 0.6) is 0 Å². The van der Waals surface area contributed by atoms with Crippen LogP contribution in [0.2, 0.25) is 6.04 Å². The van der Waals surface area contributed by atoms with E-state index in [4.69, 9.17) is 4.43 Å². The van der Waals surface area contributed by atoms with Crippen molar-refractivity contribution in [2.24, 2.45) is 0 Å². The summed E-state index contributed by atoms with van der Waals surface area (Å²) >= 11 is 0. The zero-order valence-electron chi connectivity index (χ0n) is 9.05. The minimum absolute atomic E-state index is 0.990. The van der Waals surface area contributed by atoms with Crippen molar-refractivity contribution in [1.29, 1.82) is 0 Å². The third kappa shape index (κ3) is 2.25. The molecule has 0 bridgehead atoms. The van der Waals surface area contributed by atoms with E-state index in [-0.39, 0.29) is 0 Å². The summed E-state index contributed by atoms with van der Waals surface area (Å²) < 4.78 is 5.91. The first-order chi connectivity index (χ1) is 6.75. The van der Waals surface area contributed by atoms with Crippen LogP contribution in [0.4, 0.5) is 0 Å². The van der Waals surface area contributed by atoms with E-state index in [2.05, 4.69) is 32.0 Å². The van der Waals surface area contributed by atoms with Crippen molar-refractivity contribution in [3.8, 4) is 0 Å². The molecule has 0 aliphatic carbocycles. The molecule has 2 rings (SSSR count). The molecule has 0 N–H and O–H groups in total. The van der Waals surface area contributed by atoms with Crippen LogP contribution in [0.3, 0.4) is 0 Å². The molecule has 1 unspecified atom stereocenters. The second-order valence-electron chi connectivity index (χ2n) is 4.28. The summed E-state index contributed by atoms with van der Waals surface area (Å²) in [5.41, 5.74) is 2.75. The highest BCUT2D eigenvalue weighted by atomic mass is 28.3. The quantitative estimate of drug-likeness (QED) is 0.639. The molecule has 1 fully saturated rings. The van der Waals surface area contributed by atoms with Crippen LogP contribution in [-0.4, -0.2) is 15.6 Å². The standard InChI is InChI=1S/C12H18OSi/c1-10-7-11(2)9-12(8-10)14-6-4-3-5-13-14/h7-9,14H,3-6H2,1-2H3. The summed E-state index contributed by atoms with van der Waals surface area (Å²) in [6.45, 7) is 5.34. The van der Waals surface area contributed by atoms with Crippen molar-refractivity contribution in [3.63, 3.8) is 0 Å². The summed E-state index contributed by atoms with van der Waals surface area (Å²) in [5, 5.41) is 1.50. The van der Waals surface area contributed by atoms with Gasteiger partial charge in [0.05, 0.1) is 0 Å². The first kappa shape index (κ1) is 9.93. The monoisotopic (exact) mass is 206 g/mol. The third-order valence-corrected chi connectivity index (χ3v) is 5.44. The van der Waals surface area contributed by atoms with Crippen LogP contribution in [0.15, 0.2) is 18.2 Å². The van der Waals surface area contributed by atoms with Crippen LogP contribution >= 0.6 is 0 Å². The van der Waals surface area contributed by atoms with E-state index in [0.717, 1.165) is 6.61 Å². The van der Waals surface area contributed by atoms with Crippen LogP contribution < -0.4 is 5.19 Å². The van der Waals surface area contributed by atoms with E-state index < -0.39 is 9.04 Å². The predicted octanol–water partition coefficient (Wildman–Crippen LogP) is 2.04. The van der Waals surface area contributed by atoms with Crippen LogP contribution in [0.1, 0.15) is 24.0 Å². The third-order valence-electron chi connectivity index (χ3n) is 2.80. The van der Waals surface area contributed by atoms with Gasteiger partial charge in [-0.3, -0.25) is 0 Å². The van der Waals surface area contributed by atoms with Crippen LogP contribution in [0, 0.1) is 13.8 Å². The van der Waals surface area contributed by atoms with E-state index in [1.54, 1.807) is 0 Å². The molecule has 0 aromatic heterocycles. The van der Waals surface area contributed by atoms with E-state index in [1.807, 2.05) is 0 Å². The summed E-state index contributed by atoms with van der Waals surface area (Å²) in [6, 6.07) is 8.19. The number of hydrogen-bond acceptors (Lipinski definition) is 1. The molecule has 76 valence electrons. The molecule has 2 heteroatoms. The molecule has 1 aliphatic rings. The Morgan fingerprint density at radius 2 is 1.79 bits per heavy atom. The first-order valence-electron chi connectivity index (χ1n) is 5.45. The van der Waals surface area contributed by atoms with E-state index in [0.29, 0.717) is 0 Å². The van der Waals surface area contributed by atoms with Gasteiger partial charge in [0.25, 0.3) is 0 Å². The van der Waals surface area contributed by atoms with Crippen LogP contribution in [-0.2, 0) is 4.43 Å². The molecule has 1 saturated heterocycles. The highest BCUT2D eigenvalue weighted by Crippen LogP contribution is 2.12. The highest BCUT2D eigenvalue weighted by Gasteiger charge is 2.18. The average molecular weight is 206 g/mol. The lowest BCUT2D eigenvalue weighted by molar-refractivity contribution is 0.294. The second kappa shape index (κ2) is 4.28. The Kier molecular flexibility index (Phi) is 3.04. The van der Waals surface area contributed by atoms with E-state index in [1.165, 1.54) is 35.2 Å². The van der Waals surface area contributed by atoms with Gasteiger partial charge in [-0.15, -0.1) is 0 Å². The lowest BCUT2D eigenvalue weighted by Gasteiger charge is -2.22. The molecule has 1 atom stereocenters. The number of hydrogen-bond donors (Lipinski definition) is 0. The van der Waals surface area contributed by atoms with Crippen molar-refractivity contribution in [2.75, 3.05) is 6.61 Å². The maximum atomic E-state index is 5.91. The molecular formula is C12H18OSi. The zero-order valence-corrected chi connectivity index (χ0v) is 10.2. The molecule has 14 heavy (non-hydrogen) atoms. The van der Waals surface area contributed by atoms with Gasteiger partial charge in [0.1, 0.15) is 0 Å². The highest BCUT2D eigenvalue weighted by molar-refractivity contribution is 6.67. The zero-order chi connectivity index (χ0) is 9.97. The van der Waals surface area contributed by atoms with Crippen LogP contribution in [0.25, 0.3) is 0 Å². The Morgan fingerprint density at radius 3 is 2.36 bits per heavy atom. The maximum Gasteiger partial charge on any atom is 0.208 e. The maximum absolute atomic E-state index is 5.91. The molecule has 1 aliphatic heterocycles. The van der Waals surface area contributed by atoms with Gasteiger partial charge in [0, 0.05) is 6.61 Å². The first-order valence-corrected chi connectivity index (χ1v) is 7.32. The molecule has 0 saturated carbocycles. The Hall–Kier alpha value is -0.603. The van der Waals surface area contributed by atoms with Gasteiger partial charge >= 0.3 is 0 Å². The van der Waals surface area contributed by atoms with Gasteiger partial charge in [-0.2, -0.15) is 0 Å². The molecule has 1 heterocycles. The normalized spacial score (nSPS) is 22.3. The van der Waals surface area contributed by atoms with Gasteiger partial charge in [-0.1, -0.05) is 35.7 Å². The number of benzene rings is 1. The van der Waals surface area contributed by atoms with Gasteiger partial charge < -0.3 is 4.43 Å². The topological polar surface area (TPSA) is 9.23 Å². The summed E-state index contributed by atoms with van der Waals surface area (Å²) in [5.74, 6) is 0. The van der Waals surface area contributed by atoms with Crippen molar-refractivity contribution >= 4 is 14.2 Å². The number of aryl methyl sites for hydroxylation is 2. The van der Waals surface area contributed by atoms with Crippen molar-refractivity contribution in [2.45, 2.75) is 32.7 Å². The fraction of sp³-hybridized carbons (Fsp3) is 0.500. The van der Waals surface area contributed by atoms with Crippen molar-refractivity contribution in [1.82, 2.24) is 0 Å². The Bertz CT molecular complexity index is 296. The van der Waals surface area contributed by atoms with Crippen molar-refractivity contribution < 1.29 is 4.43 Å². The second-order valence-corrected chi connectivity index (χ2v) is 6.83. The fourth-order valence-corrected chi connectivity index (χ4v) is 4.90. The molecule has 1 aromatic rings. The molecule has 1 nitrogen and oxygen atoms in total. The van der Waals surface area contributed by atoms with E-state index in [9.17, 15) is 0 Å². The minimum atomic E-state index is -1.04. The molecule has 0 amide bonds. The molecule has 0 spiro atoms. The van der Waals surface area contributed by atoms with Gasteiger partial charge in [0.15, 0.2) is 0 Å². The molecular weight excluding hydrogens is 188 g/mol. The SMILES string of the molecule is Cc1cc(C)cc([SiH]2CCCCO2)c1. The Balaban J connectivity index is 2.21. The molecule has 0 radical (unpaired) electrons. The van der Waals surface area contributed by atoms with Crippen molar-refractivity contribution in [3.05, 3.63) is 29.3 Å². The van der Waals surface area contributed by atoms with Gasteiger partial charge in [0.2, 0.25) is 9.04 Å². The fourth-order valence-electron chi connectivity index (χ4n) is 2.20. The Labute approximate surface area is 87.8 Å². The summed E-state index contributed by atoms with van der Waals surface area (Å²) in [6.07, 6.45) is 2.62. The Morgan fingerprint density at radius 1 is 1.07 bits per heavy atom. The lowest BCUT2D eigenvalue weighted by atomic mass is 10.2. The lowest BCUT2D eigenvalue weighted by Crippen LogP contribution is -2.36. The smallest absolute Gasteiger partial charge is 0.208 e. The van der Waals surface area contributed by atoms with Gasteiger partial charge in [-0.05, 0) is 31.5 Å². The molecule has 1 aromatic carbocycles. The predicted molar refractivity (Wildman–Crippen MR) is 62.7 cm³/mol. The van der Waals surface area contributed by atoms with E-state index >= 15 is 0 Å². The number of rotatable bonds is 1. The van der Waals surface area contributed by atoms with Gasteiger partial charge in [-0.25, -0.2) is 0 Å². The summed E-state index contributed by atoms with van der Waals surface area (Å²) in [7, 11) is -1.04. The average Bonchev–Trinajstić information content (AvgIpc) is 2.18. The minimum Gasteiger partial charge on any atom is -0.415 e. The summed E-state index contributed by atoms with van der Waals surface area (Å²) in [4.78, 5) is 0.